The summed E-state index contributed by atoms with van der Waals surface area (Å²) >= 11 is 0. The summed E-state index contributed by atoms with van der Waals surface area (Å²) in [6.07, 6.45) is 3.58. The molecule has 2 aliphatic rings. The Balaban J connectivity index is 1.34. The predicted octanol–water partition coefficient (Wildman–Crippen LogP) is 1.95. The molecule has 3 heterocycles. The monoisotopic (exact) mass is 394 g/mol. The van der Waals surface area contributed by atoms with E-state index in [0.29, 0.717) is 25.2 Å². The number of nitrogens with one attached hydrogen (secondary N) is 1. The zero-order chi connectivity index (χ0) is 20.1. The van der Waals surface area contributed by atoms with Crippen molar-refractivity contribution >= 4 is 17.5 Å². The van der Waals surface area contributed by atoms with Gasteiger partial charge in [-0.2, -0.15) is 0 Å². The molecular formula is C22H26N4O3. The fourth-order valence-corrected chi connectivity index (χ4v) is 3.78. The van der Waals surface area contributed by atoms with E-state index in [9.17, 15) is 9.59 Å². The van der Waals surface area contributed by atoms with Crippen molar-refractivity contribution in [2.24, 2.45) is 0 Å². The van der Waals surface area contributed by atoms with Gasteiger partial charge in [-0.15, -0.1) is 0 Å². The van der Waals surface area contributed by atoms with Crippen molar-refractivity contribution in [1.29, 1.82) is 0 Å². The number of nitrogens with zero attached hydrogens (tertiary/aromatic N) is 3. The van der Waals surface area contributed by atoms with Gasteiger partial charge in [0, 0.05) is 56.8 Å². The van der Waals surface area contributed by atoms with Gasteiger partial charge in [0.05, 0.1) is 6.10 Å². The smallest absolute Gasteiger partial charge is 0.269 e. The van der Waals surface area contributed by atoms with Gasteiger partial charge in [-0.3, -0.25) is 14.6 Å². The number of piperazine rings is 1. The second-order valence-corrected chi connectivity index (χ2v) is 7.39. The second-order valence-electron chi connectivity index (χ2n) is 7.39. The lowest BCUT2D eigenvalue weighted by Crippen LogP contribution is -2.48. The number of rotatable bonds is 5. The summed E-state index contributed by atoms with van der Waals surface area (Å²) in [5.74, 6) is -0.336. The number of ether oxygens (including phenoxy) is 1. The third-order valence-electron chi connectivity index (χ3n) is 5.44. The van der Waals surface area contributed by atoms with E-state index in [0.717, 1.165) is 32.5 Å². The molecule has 1 N–H and O–H groups in total. The molecule has 0 radical (unpaired) electrons. The quantitative estimate of drug-likeness (QED) is 0.839. The van der Waals surface area contributed by atoms with Crippen molar-refractivity contribution in [1.82, 2.24) is 15.2 Å². The molecule has 7 heteroatoms. The maximum atomic E-state index is 12.9. The standard InChI is InChI=1S/C22H26N4O3/c27-21(24-16-19-7-4-14-29-19)20-15-17(8-9-23-20)22(28)26-12-10-25(11-13-26)18-5-2-1-3-6-18/h1-3,5-6,8-9,15,19H,4,7,10-14,16H2,(H,24,27). The maximum absolute atomic E-state index is 12.9. The Morgan fingerprint density at radius 1 is 1.10 bits per heavy atom. The molecule has 29 heavy (non-hydrogen) atoms. The van der Waals surface area contributed by atoms with Gasteiger partial charge in [0.1, 0.15) is 5.69 Å². The Morgan fingerprint density at radius 3 is 2.62 bits per heavy atom. The number of carbonyl (C=O) groups excluding carboxylic acids is 2. The van der Waals surface area contributed by atoms with E-state index in [1.165, 1.54) is 11.9 Å². The van der Waals surface area contributed by atoms with Crippen molar-refractivity contribution < 1.29 is 14.3 Å². The van der Waals surface area contributed by atoms with Crippen LogP contribution in [0, 0.1) is 0 Å². The van der Waals surface area contributed by atoms with E-state index in [1.54, 1.807) is 12.1 Å². The zero-order valence-electron chi connectivity index (χ0n) is 16.4. The average molecular weight is 394 g/mol. The number of amides is 2. The van der Waals surface area contributed by atoms with Crippen LogP contribution in [0.4, 0.5) is 5.69 Å². The van der Waals surface area contributed by atoms with Crippen LogP contribution >= 0.6 is 0 Å². The molecule has 1 aromatic heterocycles. The van der Waals surface area contributed by atoms with E-state index >= 15 is 0 Å². The van der Waals surface area contributed by atoms with Crippen LogP contribution in [0.3, 0.4) is 0 Å². The predicted molar refractivity (Wildman–Crippen MR) is 110 cm³/mol. The number of hydrogen-bond donors (Lipinski definition) is 1. The van der Waals surface area contributed by atoms with Gasteiger partial charge in [-0.05, 0) is 37.1 Å². The number of para-hydroxylation sites is 1. The number of anilines is 1. The molecule has 2 aliphatic heterocycles. The normalized spacial score (nSPS) is 19.2. The topological polar surface area (TPSA) is 74.8 Å². The first-order valence-electron chi connectivity index (χ1n) is 10.2. The molecule has 2 saturated heterocycles. The van der Waals surface area contributed by atoms with Crippen molar-refractivity contribution in [2.75, 3.05) is 44.2 Å². The molecule has 2 fully saturated rings. The number of pyridine rings is 1. The van der Waals surface area contributed by atoms with Gasteiger partial charge in [0.2, 0.25) is 0 Å². The van der Waals surface area contributed by atoms with Gasteiger partial charge in [0.15, 0.2) is 0 Å². The maximum Gasteiger partial charge on any atom is 0.269 e. The molecule has 1 unspecified atom stereocenters. The van der Waals surface area contributed by atoms with Crippen LogP contribution in [-0.4, -0.2) is 67.1 Å². The third kappa shape index (κ3) is 4.74. The van der Waals surface area contributed by atoms with Crippen LogP contribution in [-0.2, 0) is 4.74 Å². The highest BCUT2D eigenvalue weighted by atomic mass is 16.5. The van der Waals surface area contributed by atoms with Crippen LogP contribution in [0.5, 0.6) is 0 Å². The van der Waals surface area contributed by atoms with Gasteiger partial charge >= 0.3 is 0 Å². The van der Waals surface area contributed by atoms with Crippen molar-refractivity contribution in [3.63, 3.8) is 0 Å². The lowest BCUT2D eigenvalue weighted by Gasteiger charge is -2.36. The molecule has 7 nitrogen and oxygen atoms in total. The molecule has 0 bridgehead atoms. The summed E-state index contributed by atoms with van der Waals surface area (Å²) in [6.45, 7) is 4.10. The zero-order valence-corrected chi connectivity index (χ0v) is 16.4. The molecule has 1 aromatic carbocycles. The minimum absolute atomic E-state index is 0.0618. The summed E-state index contributed by atoms with van der Waals surface area (Å²) in [6, 6.07) is 13.5. The molecule has 0 saturated carbocycles. The fourth-order valence-electron chi connectivity index (χ4n) is 3.78. The number of carbonyl (C=O) groups is 2. The molecule has 1 atom stereocenters. The molecule has 0 spiro atoms. The van der Waals surface area contributed by atoms with Crippen LogP contribution in [0.2, 0.25) is 0 Å². The van der Waals surface area contributed by atoms with Gasteiger partial charge in [-0.1, -0.05) is 18.2 Å². The van der Waals surface area contributed by atoms with Gasteiger partial charge in [0.25, 0.3) is 11.8 Å². The first kappa shape index (κ1) is 19.4. The van der Waals surface area contributed by atoms with E-state index in [4.69, 9.17) is 4.74 Å². The highest BCUT2D eigenvalue weighted by molar-refractivity contribution is 5.98. The van der Waals surface area contributed by atoms with Crippen LogP contribution in [0.25, 0.3) is 0 Å². The van der Waals surface area contributed by atoms with Gasteiger partial charge < -0.3 is 19.9 Å². The Morgan fingerprint density at radius 2 is 1.90 bits per heavy atom. The summed E-state index contributed by atoms with van der Waals surface area (Å²) in [7, 11) is 0. The molecule has 152 valence electrons. The molecule has 2 amide bonds. The van der Waals surface area contributed by atoms with Crippen LogP contribution in [0.1, 0.15) is 33.7 Å². The second kappa shape index (κ2) is 9.05. The number of aromatic nitrogens is 1. The highest BCUT2D eigenvalue weighted by Crippen LogP contribution is 2.17. The lowest BCUT2D eigenvalue weighted by molar-refractivity contribution is 0.0746. The van der Waals surface area contributed by atoms with Crippen molar-refractivity contribution in [2.45, 2.75) is 18.9 Å². The van der Waals surface area contributed by atoms with Crippen LogP contribution < -0.4 is 10.2 Å². The highest BCUT2D eigenvalue weighted by Gasteiger charge is 2.23. The van der Waals surface area contributed by atoms with Crippen molar-refractivity contribution in [3.8, 4) is 0 Å². The number of benzene rings is 1. The van der Waals surface area contributed by atoms with E-state index in [-0.39, 0.29) is 23.6 Å². The fraction of sp³-hybridized carbons (Fsp3) is 0.409. The molecule has 4 rings (SSSR count). The molecular weight excluding hydrogens is 368 g/mol. The number of hydrogen-bond acceptors (Lipinski definition) is 5. The largest absolute Gasteiger partial charge is 0.376 e. The Labute approximate surface area is 170 Å². The Bertz CT molecular complexity index is 844. The Hall–Kier alpha value is -2.93. The summed E-state index contributed by atoms with van der Waals surface area (Å²) < 4.78 is 5.52. The average Bonchev–Trinajstić information content (AvgIpc) is 3.31. The Kier molecular flexibility index (Phi) is 6.05. The first-order chi connectivity index (χ1) is 14.2. The van der Waals surface area contributed by atoms with Crippen LogP contribution in [0.15, 0.2) is 48.7 Å². The minimum atomic E-state index is -0.274. The lowest BCUT2D eigenvalue weighted by atomic mass is 10.1. The van der Waals surface area contributed by atoms with E-state index in [1.807, 2.05) is 23.1 Å². The van der Waals surface area contributed by atoms with Crippen molar-refractivity contribution in [3.05, 3.63) is 59.9 Å². The SMILES string of the molecule is O=C(NCC1CCCO1)c1cc(C(=O)N2CCN(c3ccccc3)CC2)ccn1. The molecule has 0 aliphatic carbocycles. The summed E-state index contributed by atoms with van der Waals surface area (Å²) in [5, 5.41) is 2.85. The third-order valence-corrected chi connectivity index (χ3v) is 5.44. The summed E-state index contributed by atoms with van der Waals surface area (Å²) in [5.41, 5.74) is 1.93. The summed E-state index contributed by atoms with van der Waals surface area (Å²) in [4.78, 5) is 33.6. The molecule has 2 aromatic rings. The van der Waals surface area contributed by atoms with E-state index in [2.05, 4.69) is 27.3 Å². The first-order valence-corrected chi connectivity index (χ1v) is 10.2. The minimum Gasteiger partial charge on any atom is -0.376 e. The van der Waals surface area contributed by atoms with E-state index < -0.39 is 0 Å². The van der Waals surface area contributed by atoms with Gasteiger partial charge in [-0.25, -0.2) is 0 Å².